The van der Waals surface area contributed by atoms with Gasteiger partial charge in [-0.05, 0) is 42.0 Å². The smallest absolute Gasteiger partial charge is 0.475 e. The average molecular weight is 783 g/mol. The van der Waals surface area contributed by atoms with Crippen molar-refractivity contribution in [2.45, 2.75) is 48.7 Å². The van der Waals surface area contributed by atoms with Crippen molar-refractivity contribution in [1.29, 1.82) is 0 Å². The minimum absolute atomic E-state index is 0.0745. The summed E-state index contributed by atoms with van der Waals surface area (Å²) in [7, 11) is -3.84. The van der Waals surface area contributed by atoms with Gasteiger partial charge < -0.3 is 20.1 Å². The zero-order chi connectivity index (χ0) is 39.7. The molecule has 1 fully saturated rings. The number of aliphatic carboxylic acids is 3. The second kappa shape index (κ2) is 17.4. The molecule has 0 radical (unpaired) electrons. The Hall–Kier alpha value is -5.10. The van der Waals surface area contributed by atoms with Gasteiger partial charge >= 0.3 is 36.4 Å². The Morgan fingerprint density at radius 1 is 0.731 bits per heavy atom. The summed E-state index contributed by atoms with van der Waals surface area (Å²) in [6.07, 6.45) is -12.4. The van der Waals surface area contributed by atoms with E-state index in [4.69, 9.17) is 34.4 Å². The Balaban J connectivity index is 0.000000365. The molecular formula is C28H24F10N4O9S. The number of hydrogen-bond donors (Lipinski definition) is 3. The fourth-order valence-electron chi connectivity index (χ4n) is 4.16. The first kappa shape index (κ1) is 43.1. The third-order valence-corrected chi connectivity index (χ3v) is 8.24. The first-order chi connectivity index (χ1) is 23.8. The van der Waals surface area contributed by atoms with Gasteiger partial charge in [0.15, 0.2) is 0 Å². The van der Waals surface area contributed by atoms with Crippen molar-refractivity contribution >= 4 is 27.9 Å². The molecule has 0 saturated carbocycles. The summed E-state index contributed by atoms with van der Waals surface area (Å²) in [5.74, 6) is -8.42. The number of fused-ring (bicyclic) bond motifs is 2. The molecule has 2 atom stereocenters. The molecule has 5 rings (SSSR count). The third kappa shape index (κ3) is 12.9. The molecule has 2 aliphatic rings. The van der Waals surface area contributed by atoms with Crippen LogP contribution < -0.4 is 4.74 Å². The van der Waals surface area contributed by atoms with E-state index in [9.17, 15) is 52.3 Å². The molecule has 0 spiro atoms. The van der Waals surface area contributed by atoms with Gasteiger partial charge in [-0.15, -0.1) is 0 Å². The van der Waals surface area contributed by atoms with Crippen LogP contribution in [0.2, 0.25) is 0 Å². The lowest BCUT2D eigenvalue weighted by Crippen LogP contribution is -2.46. The van der Waals surface area contributed by atoms with Crippen LogP contribution >= 0.6 is 0 Å². The Morgan fingerprint density at radius 2 is 1.23 bits per heavy atom. The molecule has 2 aliphatic heterocycles. The molecule has 1 saturated heterocycles. The lowest BCUT2D eigenvalue weighted by molar-refractivity contribution is -0.193. The molecule has 2 unspecified atom stereocenters. The maximum absolute atomic E-state index is 13.6. The average Bonchev–Trinajstić information content (AvgIpc) is 3.39. The largest absolute Gasteiger partial charge is 0.490 e. The summed E-state index contributed by atoms with van der Waals surface area (Å²) in [6, 6.07) is 14.5. The predicted molar refractivity (Wildman–Crippen MR) is 152 cm³/mol. The summed E-state index contributed by atoms with van der Waals surface area (Å²) in [5, 5.41) is 21.4. The van der Waals surface area contributed by atoms with Crippen LogP contribution in [0.4, 0.5) is 43.9 Å². The van der Waals surface area contributed by atoms with Gasteiger partial charge in [0.2, 0.25) is 15.9 Å². The van der Waals surface area contributed by atoms with Crippen molar-refractivity contribution in [2.24, 2.45) is 0 Å². The highest BCUT2D eigenvalue weighted by Gasteiger charge is 2.47. The van der Waals surface area contributed by atoms with Gasteiger partial charge in [-0.25, -0.2) is 32.2 Å². The molecule has 0 bridgehead atoms. The minimum Gasteiger partial charge on any atom is -0.475 e. The number of rotatable bonds is 4. The standard InChI is InChI=1S/C22H21FN4O3S.3C2HF3O2/c23-17-8-6-16(7-9-17)12-26-14-19-20(15-26)30-22-21(5-3-11-25-22)31(28,29)27(19)13-18-4-1-2-10-24-18;3*3-2(4,5)1(6)7/h1-11,19-20H,12-15H2;3*(H,6,7). The van der Waals surface area contributed by atoms with E-state index in [1.807, 2.05) is 12.1 Å². The second-order valence-corrected chi connectivity index (χ2v) is 12.0. The van der Waals surface area contributed by atoms with Crippen molar-refractivity contribution in [2.75, 3.05) is 13.1 Å². The van der Waals surface area contributed by atoms with E-state index in [1.54, 1.807) is 30.5 Å². The Labute approximate surface area is 285 Å². The number of hydrogen-bond acceptors (Lipinski definition) is 9. The van der Waals surface area contributed by atoms with Crippen molar-refractivity contribution in [3.05, 3.63) is 84.1 Å². The summed E-state index contributed by atoms with van der Waals surface area (Å²) in [6.45, 7) is 1.74. The fraction of sp³-hybridized carbons (Fsp3) is 0.321. The maximum atomic E-state index is 13.6. The van der Waals surface area contributed by atoms with E-state index < -0.39 is 52.5 Å². The molecule has 3 N–H and O–H groups in total. The van der Waals surface area contributed by atoms with Gasteiger partial charge in [0.25, 0.3) is 0 Å². The number of carboxylic acids is 3. The zero-order valence-electron chi connectivity index (χ0n) is 25.6. The first-order valence-electron chi connectivity index (χ1n) is 13.7. The second-order valence-electron chi connectivity index (χ2n) is 10.1. The van der Waals surface area contributed by atoms with Crippen LogP contribution in [-0.4, -0.2) is 105 Å². The maximum Gasteiger partial charge on any atom is 0.490 e. The van der Waals surface area contributed by atoms with Crippen LogP contribution in [0.15, 0.2) is 71.9 Å². The van der Waals surface area contributed by atoms with E-state index in [0.29, 0.717) is 25.3 Å². The quantitative estimate of drug-likeness (QED) is 0.318. The highest BCUT2D eigenvalue weighted by molar-refractivity contribution is 7.89. The van der Waals surface area contributed by atoms with Gasteiger partial charge in [-0.1, -0.05) is 18.2 Å². The topological polar surface area (TPSA) is 188 Å². The number of aromatic nitrogens is 2. The van der Waals surface area contributed by atoms with E-state index >= 15 is 0 Å². The van der Waals surface area contributed by atoms with Crippen molar-refractivity contribution < 1.29 is 86.8 Å². The molecule has 1 aromatic carbocycles. The molecule has 4 heterocycles. The van der Waals surface area contributed by atoms with Crippen LogP contribution in [0.25, 0.3) is 0 Å². The molecule has 0 aliphatic carbocycles. The lowest BCUT2D eigenvalue weighted by atomic mass is 10.2. The Morgan fingerprint density at radius 3 is 1.69 bits per heavy atom. The minimum atomic E-state index is -5.08. The summed E-state index contributed by atoms with van der Waals surface area (Å²) < 4.78 is 143. The lowest BCUT2D eigenvalue weighted by Gasteiger charge is -2.27. The number of likely N-dealkylation sites (tertiary alicyclic amines) is 1. The van der Waals surface area contributed by atoms with Crippen LogP contribution in [0.3, 0.4) is 0 Å². The zero-order valence-corrected chi connectivity index (χ0v) is 26.4. The molecule has 24 heteroatoms. The number of halogens is 10. The van der Waals surface area contributed by atoms with E-state index in [2.05, 4.69) is 14.9 Å². The van der Waals surface area contributed by atoms with E-state index in [1.165, 1.54) is 28.7 Å². The van der Waals surface area contributed by atoms with Gasteiger partial charge in [0, 0.05) is 32.0 Å². The number of pyridine rings is 2. The normalized spacial score (nSPS) is 18.2. The van der Waals surface area contributed by atoms with Crippen molar-refractivity contribution in [3.63, 3.8) is 0 Å². The van der Waals surface area contributed by atoms with E-state index in [-0.39, 0.29) is 29.2 Å². The van der Waals surface area contributed by atoms with Crippen LogP contribution in [0.1, 0.15) is 11.3 Å². The predicted octanol–water partition coefficient (Wildman–Crippen LogP) is 4.35. The molecule has 52 heavy (non-hydrogen) atoms. The monoisotopic (exact) mass is 782 g/mol. The summed E-state index contributed by atoms with van der Waals surface area (Å²) >= 11 is 0. The number of benzene rings is 1. The van der Waals surface area contributed by atoms with Crippen LogP contribution in [0.5, 0.6) is 5.88 Å². The summed E-state index contributed by atoms with van der Waals surface area (Å²) in [4.78, 5) is 37.4. The number of nitrogens with zero attached hydrogens (tertiary/aromatic N) is 4. The molecule has 13 nitrogen and oxygen atoms in total. The van der Waals surface area contributed by atoms with Crippen molar-refractivity contribution in [1.82, 2.24) is 19.2 Å². The molecule has 0 amide bonds. The van der Waals surface area contributed by atoms with Crippen molar-refractivity contribution in [3.8, 4) is 5.88 Å². The highest BCUT2D eigenvalue weighted by atomic mass is 32.2. The van der Waals surface area contributed by atoms with Crippen LogP contribution in [-0.2, 0) is 37.5 Å². The fourth-order valence-corrected chi connectivity index (χ4v) is 5.85. The SMILES string of the molecule is O=C(O)C(F)(F)F.O=C(O)C(F)(F)F.O=C(O)C(F)(F)F.O=S1(=O)c2cccnc2OC2CN(Cc3ccc(F)cc3)CC2N1Cc1ccccn1. The van der Waals surface area contributed by atoms with Gasteiger partial charge in [0.1, 0.15) is 16.8 Å². The van der Waals surface area contributed by atoms with Crippen LogP contribution in [0, 0.1) is 5.82 Å². The Bertz CT molecular complexity index is 1720. The number of carbonyl (C=O) groups is 3. The van der Waals surface area contributed by atoms with Gasteiger partial charge in [-0.2, -0.15) is 43.8 Å². The highest BCUT2D eigenvalue weighted by Crippen LogP contribution is 2.36. The first-order valence-corrected chi connectivity index (χ1v) is 15.2. The molecule has 286 valence electrons. The van der Waals surface area contributed by atoms with Gasteiger partial charge in [-0.3, -0.25) is 9.88 Å². The van der Waals surface area contributed by atoms with Gasteiger partial charge in [0.05, 0.1) is 18.3 Å². The third-order valence-electron chi connectivity index (χ3n) is 6.36. The van der Waals surface area contributed by atoms with E-state index in [0.717, 1.165) is 5.56 Å². The molecule has 2 aromatic heterocycles. The summed E-state index contributed by atoms with van der Waals surface area (Å²) in [5.41, 5.74) is 1.62. The number of alkyl halides is 9. The Kier molecular flexibility index (Phi) is 14.4. The number of sulfonamides is 1. The number of carboxylic acid groups (broad SMARTS) is 3. The number of ether oxygens (including phenoxy) is 1. The molecular weight excluding hydrogens is 758 g/mol. The molecule has 3 aromatic rings.